The quantitative estimate of drug-likeness (QED) is 0.145. The van der Waals surface area contributed by atoms with Crippen molar-refractivity contribution in [3.05, 3.63) is 41.5 Å². The molecule has 2 aromatic rings. The van der Waals surface area contributed by atoms with Crippen LogP contribution in [0, 0.1) is 5.41 Å². The predicted octanol–water partition coefficient (Wildman–Crippen LogP) is 3.13. The zero-order chi connectivity index (χ0) is 22.1. The number of hydrogen-bond acceptors (Lipinski definition) is 7. The number of aryl methyl sites for hydroxylation is 1. The van der Waals surface area contributed by atoms with E-state index in [9.17, 15) is 4.79 Å². The molecule has 1 amide bonds. The van der Waals surface area contributed by atoms with Crippen LogP contribution in [0.2, 0.25) is 0 Å². The molecule has 0 bridgehead atoms. The van der Waals surface area contributed by atoms with Crippen molar-refractivity contribution in [1.82, 2.24) is 15.3 Å². The van der Waals surface area contributed by atoms with Crippen LogP contribution in [0.1, 0.15) is 36.8 Å². The summed E-state index contributed by atoms with van der Waals surface area (Å²) in [5.41, 5.74) is 5.02. The summed E-state index contributed by atoms with van der Waals surface area (Å²) in [5.74, 6) is 1.09. The lowest BCUT2D eigenvalue weighted by molar-refractivity contribution is -0.124. The lowest BCUT2D eigenvalue weighted by atomic mass is 9.89. The monoisotopic (exact) mass is 413 g/mol. The number of nitrogens with one attached hydrogen (secondary N) is 5. The number of rotatable bonds is 11. The number of aromatic nitrogens is 2. The van der Waals surface area contributed by atoms with E-state index in [4.69, 9.17) is 10.6 Å². The Balaban J connectivity index is 2.09. The lowest BCUT2D eigenvalue weighted by Gasteiger charge is -2.18. The Morgan fingerprint density at radius 2 is 1.90 bits per heavy atom. The summed E-state index contributed by atoms with van der Waals surface area (Å²) in [6, 6.07) is 7.75. The molecule has 0 saturated heterocycles. The number of anilines is 3. The number of amides is 1. The average Bonchev–Trinajstić information content (AvgIpc) is 3.13. The molecule has 0 aliphatic rings. The van der Waals surface area contributed by atoms with Gasteiger partial charge in [-0.1, -0.05) is 31.2 Å². The fraction of sp³-hybridized carbons (Fsp3) is 0.381. The second-order valence-corrected chi connectivity index (χ2v) is 6.76. The molecule has 1 heterocycles. The van der Waals surface area contributed by atoms with Crippen molar-refractivity contribution >= 4 is 35.0 Å². The molecule has 0 aliphatic carbocycles. The molecule has 1 aromatic heterocycles. The molecular formula is C21H31N7O2. The van der Waals surface area contributed by atoms with Crippen LogP contribution in [0.4, 0.5) is 17.3 Å². The summed E-state index contributed by atoms with van der Waals surface area (Å²) in [4.78, 5) is 11.1. The minimum atomic E-state index is -0.574. The normalized spacial score (nSPS) is 11.9. The zero-order valence-electron chi connectivity index (χ0n) is 17.9. The summed E-state index contributed by atoms with van der Waals surface area (Å²) in [5, 5.41) is 31.2. The maximum Gasteiger partial charge on any atom is 0.267 e. The van der Waals surface area contributed by atoms with Gasteiger partial charge in [-0.05, 0) is 23.6 Å². The third-order valence-electron chi connectivity index (χ3n) is 4.97. The molecule has 9 heteroatoms. The molecule has 0 fully saturated rings. The second-order valence-electron chi connectivity index (χ2n) is 6.76. The van der Waals surface area contributed by atoms with Crippen molar-refractivity contribution < 1.29 is 10.0 Å². The van der Waals surface area contributed by atoms with Gasteiger partial charge in [0.1, 0.15) is 11.5 Å². The van der Waals surface area contributed by atoms with Crippen LogP contribution in [-0.2, 0) is 11.3 Å². The van der Waals surface area contributed by atoms with Crippen molar-refractivity contribution in [2.75, 3.05) is 37.1 Å². The highest BCUT2D eigenvalue weighted by Gasteiger charge is 2.18. The summed E-state index contributed by atoms with van der Waals surface area (Å²) in [6.45, 7) is 2.67. The molecule has 0 radical (unpaired) electrons. The van der Waals surface area contributed by atoms with Crippen LogP contribution >= 0.6 is 0 Å². The van der Waals surface area contributed by atoms with Crippen molar-refractivity contribution in [3.63, 3.8) is 0 Å². The Morgan fingerprint density at radius 1 is 1.20 bits per heavy atom. The first-order valence-corrected chi connectivity index (χ1v) is 9.92. The first kappa shape index (κ1) is 23.0. The molecule has 0 aliphatic heterocycles. The van der Waals surface area contributed by atoms with E-state index in [2.05, 4.69) is 28.0 Å². The van der Waals surface area contributed by atoms with Crippen molar-refractivity contribution in [2.24, 2.45) is 0 Å². The summed E-state index contributed by atoms with van der Waals surface area (Å²) in [6.07, 6.45) is 4.29. The maximum atomic E-state index is 11.1. The number of hydroxylamine groups is 1. The van der Waals surface area contributed by atoms with Gasteiger partial charge in [0.05, 0.1) is 0 Å². The fourth-order valence-corrected chi connectivity index (χ4v) is 3.42. The highest BCUT2D eigenvalue weighted by Crippen LogP contribution is 2.30. The van der Waals surface area contributed by atoms with Crippen LogP contribution in [0.15, 0.2) is 30.3 Å². The topological polar surface area (TPSA) is 127 Å². The van der Waals surface area contributed by atoms with Crippen molar-refractivity contribution in [1.29, 1.82) is 5.41 Å². The Hall–Kier alpha value is -3.33. The van der Waals surface area contributed by atoms with Crippen LogP contribution < -0.4 is 21.4 Å². The van der Waals surface area contributed by atoms with E-state index in [1.807, 2.05) is 50.1 Å². The van der Waals surface area contributed by atoms with Crippen LogP contribution in [-0.4, -0.2) is 47.7 Å². The van der Waals surface area contributed by atoms with E-state index >= 15 is 0 Å². The van der Waals surface area contributed by atoms with Gasteiger partial charge in [0.25, 0.3) is 5.91 Å². The van der Waals surface area contributed by atoms with Crippen LogP contribution in [0.3, 0.4) is 0 Å². The SMILES string of the molecule is CCC(C(=N)CCn1nc(NC)c(NC)c1NC)c1ccc(/C=C/C(=O)NO)cc1. The maximum absolute atomic E-state index is 11.1. The largest absolute Gasteiger partial charge is 0.382 e. The highest BCUT2D eigenvalue weighted by atomic mass is 16.5. The molecule has 0 saturated carbocycles. The zero-order valence-corrected chi connectivity index (χ0v) is 17.9. The third kappa shape index (κ3) is 5.38. The summed E-state index contributed by atoms with van der Waals surface area (Å²) >= 11 is 0. The molecule has 0 spiro atoms. The Bertz CT molecular complexity index is 888. The summed E-state index contributed by atoms with van der Waals surface area (Å²) < 4.78 is 1.87. The van der Waals surface area contributed by atoms with Gasteiger partial charge in [-0.15, -0.1) is 0 Å². The number of hydrogen-bond donors (Lipinski definition) is 6. The predicted molar refractivity (Wildman–Crippen MR) is 122 cm³/mol. The molecule has 1 aromatic carbocycles. The van der Waals surface area contributed by atoms with E-state index in [0.717, 1.165) is 34.9 Å². The molecule has 1 atom stereocenters. The van der Waals surface area contributed by atoms with Gasteiger partial charge in [0.15, 0.2) is 5.82 Å². The number of nitrogens with zero attached hydrogens (tertiary/aromatic N) is 2. The molecule has 9 nitrogen and oxygen atoms in total. The van der Waals surface area contributed by atoms with Crippen molar-refractivity contribution in [2.45, 2.75) is 32.2 Å². The van der Waals surface area contributed by atoms with Gasteiger partial charge in [0, 0.05) is 51.8 Å². The summed E-state index contributed by atoms with van der Waals surface area (Å²) in [7, 11) is 5.54. The number of carbonyl (C=O) groups excluding carboxylic acids is 1. The Labute approximate surface area is 177 Å². The third-order valence-corrected chi connectivity index (χ3v) is 4.97. The van der Waals surface area contributed by atoms with Gasteiger partial charge in [-0.3, -0.25) is 10.0 Å². The fourth-order valence-electron chi connectivity index (χ4n) is 3.42. The minimum Gasteiger partial charge on any atom is -0.382 e. The molecule has 30 heavy (non-hydrogen) atoms. The van der Waals surface area contributed by atoms with E-state index in [-0.39, 0.29) is 5.92 Å². The molecule has 162 valence electrons. The van der Waals surface area contributed by atoms with E-state index in [0.29, 0.717) is 18.7 Å². The van der Waals surface area contributed by atoms with Gasteiger partial charge < -0.3 is 21.4 Å². The van der Waals surface area contributed by atoms with E-state index in [1.54, 1.807) is 11.6 Å². The Morgan fingerprint density at radius 3 is 2.43 bits per heavy atom. The van der Waals surface area contributed by atoms with E-state index in [1.165, 1.54) is 6.08 Å². The van der Waals surface area contributed by atoms with Crippen LogP contribution in [0.5, 0.6) is 0 Å². The smallest absolute Gasteiger partial charge is 0.267 e. The average molecular weight is 414 g/mol. The number of benzene rings is 1. The first-order chi connectivity index (χ1) is 14.5. The van der Waals surface area contributed by atoms with Gasteiger partial charge >= 0.3 is 0 Å². The van der Waals surface area contributed by atoms with Crippen LogP contribution in [0.25, 0.3) is 6.08 Å². The molecule has 1 unspecified atom stereocenters. The molecular weight excluding hydrogens is 382 g/mol. The van der Waals surface area contributed by atoms with Gasteiger partial charge in [0.2, 0.25) is 0 Å². The van der Waals surface area contributed by atoms with E-state index < -0.39 is 5.91 Å². The standard InChI is InChI=1S/C21H31N7O2/c1-5-16(15-9-6-14(7-10-15)8-11-18(29)27-30)17(22)12-13-28-21(25-4)19(23-2)20(24-3)26-28/h6-11,16,22-23,25,30H,5,12-13H2,1-4H3,(H,24,26)(H,27,29)/b11-8+,22-17?. The minimum absolute atomic E-state index is 0.0184. The highest BCUT2D eigenvalue weighted by molar-refractivity contribution is 5.91. The van der Waals surface area contributed by atoms with Gasteiger partial charge in [-0.2, -0.15) is 5.10 Å². The van der Waals surface area contributed by atoms with Crippen molar-refractivity contribution in [3.8, 4) is 0 Å². The first-order valence-electron chi connectivity index (χ1n) is 9.92. The number of carbonyl (C=O) groups is 1. The van der Waals surface area contributed by atoms with Gasteiger partial charge in [-0.25, -0.2) is 10.2 Å². The Kier molecular flexibility index (Phi) is 8.42. The molecule has 2 rings (SSSR count). The lowest BCUT2D eigenvalue weighted by Crippen LogP contribution is -2.15. The second kappa shape index (κ2) is 11.0. The molecule has 6 N–H and O–H groups in total.